The number of hydrogen-bond acceptors (Lipinski definition) is 2. The molecule has 2 aromatic rings. The molecule has 0 saturated heterocycles. The molecular formula is C16H20ClNS. The van der Waals surface area contributed by atoms with E-state index in [1.807, 2.05) is 11.4 Å². The Morgan fingerprint density at radius 3 is 2.58 bits per heavy atom. The van der Waals surface area contributed by atoms with E-state index in [9.17, 15) is 0 Å². The second-order valence-corrected chi connectivity index (χ2v) is 6.89. The molecule has 0 saturated carbocycles. The summed E-state index contributed by atoms with van der Waals surface area (Å²) < 4.78 is 0. The third-order valence-corrected chi connectivity index (χ3v) is 4.53. The van der Waals surface area contributed by atoms with Crippen molar-refractivity contribution in [3.63, 3.8) is 0 Å². The van der Waals surface area contributed by atoms with Gasteiger partial charge in [0.2, 0.25) is 0 Å². The summed E-state index contributed by atoms with van der Waals surface area (Å²) in [6.07, 6.45) is 2.22. The van der Waals surface area contributed by atoms with Gasteiger partial charge in [0.1, 0.15) is 0 Å². The number of benzene rings is 1. The van der Waals surface area contributed by atoms with Crippen molar-refractivity contribution in [2.75, 3.05) is 0 Å². The molecule has 0 aliphatic heterocycles. The summed E-state index contributed by atoms with van der Waals surface area (Å²) in [6.45, 7) is 5.40. The number of aryl methyl sites for hydroxylation is 1. The molecule has 3 heteroatoms. The van der Waals surface area contributed by atoms with Crippen molar-refractivity contribution in [3.05, 3.63) is 57.2 Å². The van der Waals surface area contributed by atoms with Crippen LogP contribution >= 0.6 is 22.9 Å². The third-order valence-electron chi connectivity index (χ3n) is 3.24. The van der Waals surface area contributed by atoms with Crippen molar-refractivity contribution < 1.29 is 0 Å². The SMILES string of the molecule is CC(C)(CCc1ccccc1)NCc1cc(Cl)cs1. The summed E-state index contributed by atoms with van der Waals surface area (Å²) in [5.41, 5.74) is 1.53. The van der Waals surface area contributed by atoms with Crippen molar-refractivity contribution in [2.45, 2.75) is 38.8 Å². The maximum Gasteiger partial charge on any atom is 0.0516 e. The van der Waals surface area contributed by atoms with Gasteiger partial charge in [0.05, 0.1) is 5.02 Å². The molecule has 1 aromatic carbocycles. The Morgan fingerprint density at radius 2 is 1.95 bits per heavy atom. The van der Waals surface area contributed by atoms with Gasteiger partial charge in [0, 0.05) is 22.3 Å². The van der Waals surface area contributed by atoms with E-state index >= 15 is 0 Å². The minimum absolute atomic E-state index is 0.131. The van der Waals surface area contributed by atoms with Crippen LogP contribution in [0.4, 0.5) is 0 Å². The predicted octanol–water partition coefficient (Wildman–Crippen LogP) is 4.90. The van der Waals surface area contributed by atoms with E-state index in [0.29, 0.717) is 0 Å². The number of hydrogen-bond donors (Lipinski definition) is 1. The van der Waals surface area contributed by atoms with Gasteiger partial charge in [-0.25, -0.2) is 0 Å². The van der Waals surface area contributed by atoms with Crippen LogP contribution in [0.2, 0.25) is 5.02 Å². The van der Waals surface area contributed by atoms with Gasteiger partial charge < -0.3 is 5.32 Å². The summed E-state index contributed by atoms with van der Waals surface area (Å²) in [7, 11) is 0. The molecule has 19 heavy (non-hydrogen) atoms. The lowest BCUT2D eigenvalue weighted by molar-refractivity contribution is 0.362. The molecular weight excluding hydrogens is 274 g/mol. The average molecular weight is 294 g/mol. The first-order valence-electron chi connectivity index (χ1n) is 6.57. The first-order chi connectivity index (χ1) is 9.05. The molecule has 0 radical (unpaired) electrons. The fourth-order valence-corrected chi connectivity index (χ4v) is 2.98. The van der Waals surface area contributed by atoms with Crippen molar-refractivity contribution in [1.29, 1.82) is 0 Å². The minimum Gasteiger partial charge on any atom is -0.307 e. The molecule has 1 nitrogen and oxygen atoms in total. The number of nitrogens with one attached hydrogen (secondary N) is 1. The fourth-order valence-electron chi connectivity index (χ4n) is 1.96. The molecule has 1 heterocycles. The van der Waals surface area contributed by atoms with Gasteiger partial charge >= 0.3 is 0 Å². The van der Waals surface area contributed by atoms with Gasteiger partial charge in [-0.3, -0.25) is 0 Å². The largest absolute Gasteiger partial charge is 0.307 e. The van der Waals surface area contributed by atoms with Crippen LogP contribution in [0.25, 0.3) is 0 Å². The Morgan fingerprint density at radius 1 is 1.21 bits per heavy atom. The summed E-state index contributed by atoms with van der Waals surface area (Å²) >= 11 is 7.64. The van der Waals surface area contributed by atoms with Crippen LogP contribution in [-0.2, 0) is 13.0 Å². The fraction of sp³-hybridized carbons (Fsp3) is 0.375. The van der Waals surface area contributed by atoms with E-state index in [2.05, 4.69) is 49.5 Å². The first kappa shape index (κ1) is 14.6. The molecule has 1 aromatic heterocycles. The zero-order valence-corrected chi connectivity index (χ0v) is 13.0. The van der Waals surface area contributed by atoms with Crippen LogP contribution in [0.1, 0.15) is 30.7 Å². The van der Waals surface area contributed by atoms with Crippen LogP contribution in [0.3, 0.4) is 0 Å². The molecule has 0 aliphatic carbocycles. The zero-order chi connectivity index (χ0) is 13.7. The van der Waals surface area contributed by atoms with Gasteiger partial charge in [-0.05, 0) is 38.3 Å². The Labute approximate surface area is 124 Å². The van der Waals surface area contributed by atoms with Crippen LogP contribution < -0.4 is 5.32 Å². The number of rotatable bonds is 6. The summed E-state index contributed by atoms with van der Waals surface area (Å²) in [5, 5.41) is 6.43. The molecule has 102 valence electrons. The summed E-state index contributed by atoms with van der Waals surface area (Å²) in [5.74, 6) is 0. The van der Waals surface area contributed by atoms with Crippen molar-refractivity contribution in [2.24, 2.45) is 0 Å². The Bertz CT molecular complexity index is 504. The predicted molar refractivity (Wildman–Crippen MR) is 85.0 cm³/mol. The average Bonchev–Trinajstić information content (AvgIpc) is 2.82. The quantitative estimate of drug-likeness (QED) is 0.798. The van der Waals surface area contributed by atoms with E-state index in [0.717, 1.165) is 24.4 Å². The van der Waals surface area contributed by atoms with E-state index < -0.39 is 0 Å². The second kappa shape index (κ2) is 6.56. The molecule has 2 rings (SSSR count). The topological polar surface area (TPSA) is 12.0 Å². The molecule has 0 atom stereocenters. The van der Waals surface area contributed by atoms with E-state index in [-0.39, 0.29) is 5.54 Å². The van der Waals surface area contributed by atoms with E-state index in [1.54, 1.807) is 11.3 Å². The highest BCUT2D eigenvalue weighted by Gasteiger charge is 2.16. The van der Waals surface area contributed by atoms with Crippen molar-refractivity contribution in [1.82, 2.24) is 5.32 Å². The maximum absolute atomic E-state index is 5.93. The smallest absolute Gasteiger partial charge is 0.0516 e. The normalized spacial score (nSPS) is 11.7. The van der Waals surface area contributed by atoms with Gasteiger partial charge in [0.15, 0.2) is 0 Å². The standard InChI is InChI=1S/C16H20ClNS/c1-16(2,9-8-13-6-4-3-5-7-13)18-11-15-10-14(17)12-19-15/h3-7,10,12,18H,8-9,11H2,1-2H3. The summed E-state index contributed by atoms with van der Waals surface area (Å²) in [4.78, 5) is 1.29. The van der Waals surface area contributed by atoms with Crippen LogP contribution in [0, 0.1) is 0 Å². The lowest BCUT2D eigenvalue weighted by Gasteiger charge is -2.26. The van der Waals surface area contributed by atoms with Gasteiger partial charge in [-0.2, -0.15) is 0 Å². The highest BCUT2D eigenvalue weighted by Crippen LogP contribution is 2.20. The van der Waals surface area contributed by atoms with Gasteiger partial charge in [0.25, 0.3) is 0 Å². The maximum atomic E-state index is 5.93. The van der Waals surface area contributed by atoms with E-state index in [4.69, 9.17) is 11.6 Å². The Hall–Kier alpha value is -0.830. The molecule has 0 bridgehead atoms. The highest BCUT2D eigenvalue weighted by atomic mass is 35.5. The van der Waals surface area contributed by atoms with Gasteiger partial charge in [-0.15, -0.1) is 11.3 Å². The molecule has 0 amide bonds. The molecule has 1 N–H and O–H groups in total. The molecule has 0 spiro atoms. The molecule has 0 unspecified atom stereocenters. The van der Waals surface area contributed by atoms with Crippen LogP contribution in [0.5, 0.6) is 0 Å². The van der Waals surface area contributed by atoms with Crippen molar-refractivity contribution >= 4 is 22.9 Å². The lowest BCUT2D eigenvalue weighted by atomic mass is 9.95. The lowest BCUT2D eigenvalue weighted by Crippen LogP contribution is -2.38. The Balaban J connectivity index is 1.81. The van der Waals surface area contributed by atoms with Crippen LogP contribution in [0.15, 0.2) is 41.8 Å². The molecule has 0 aliphatic rings. The highest BCUT2D eigenvalue weighted by molar-refractivity contribution is 7.10. The van der Waals surface area contributed by atoms with E-state index in [1.165, 1.54) is 10.4 Å². The zero-order valence-electron chi connectivity index (χ0n) is 11.4. The second-order valence-electron chi connectivity index (χ2n) is 5.45. The number of halogens is 1. The summed E-state index contributed by atoms with van der Waals surface area (Å²) in [6, 6.07) is 12.7. The van der Waals surface area contributed by atoms with Gasteiger partial charge in [-0.1, -0.05) is 41.9 Å². The molecule has 0 fully saturated rings. The Kier molecular flexibility index (Phi) is 5.03. The minimum atomic E-state index is 0.131. The first-order valence-corrected chi connectivity index (χ1v) is 7.83. The number of thiophene rings is 1. The third kappa shape index (κ3) is 4.98. The monoisotopic (exact) mass is 293 g/mol. The van der Waals surface area contributed by atoms with Crippen molar-refractivity contribution in [3.8, 4) is 0 Å². The van der Waals surface area contributed by atoms with Crippen LogP contribution in [-0.4, -0.2) is 5.54 Å².